The Kier molecular flexibility index (Phi) is 6.73. The Balaban J connectivity index is 2.64. The summed E-state index contributed by atoms with van der Waals surface area (Å²) in [7, 11) is 0. The van der Waals surface area contributed by atoms with Crippen LogP contribution in [-0.2, 0) is 10.2 Å². The predicted octanol–water partition coefficient (Wildman–Crippen LogP) is 4.01. The van der Waals surface area contributed by atoms with E-state index in [0.717, 1.165) is 31.7 Å². The van der Waals surface area contributed by atoms with Crippen LogP contribution < -0.4 is 4.74 Å². The maximum Gasteiger partial charge on any atom is 0.260 e. The Bertz CT molecular complexity index is 443. The molecule has 0 heterocycles. The number of hydrogen-bond donors (Lipinski definition) is 0. The normalized spacial score (nSPS) is 11.3. The SMILES string of the molecule is CCCN(CCC)C(=O)COc1cccc(C(C)(C)C)c1. The molecule has 0 aliphatic heterocycles. The molecular weight excluding hydrogens is 262 g/mol. The molecule has 0 aliphatic rings. The highest BCUT2D eigenvalue weighted by Gasteiger charge is 2.15. The molecular formula is C18H29NO2. The average Bonchev–Trinajstić information content (AvgIpc) is 2.44. The van der Waals surface area contributed by atoms with Crippen molar-refractivity contribution in [1.82, 2.24) is 4.90 Å². The van der Waals surface area contributed by atoms with Gasteiger partial charge in [0.25, 0.3) is 5.91 Å². The molecule has 0 saturated heterocycles. The summed E-state index contributed by atoms with van der Waals surface area (Å²) in [6.45, 7) is 12.4. The zero-order valence-corrected chi connectivity index (χ0v) is 14.1. The van der Waals surface area contributed by atoms with Gasteiger partial charge in [0.05, 0.1) is 0 Å². The monoisotopic (exact) mass is 291 g/mol. The first kappa shape index (κ1) is 17.5. The molecule has 0 saturated carbocycles. The fraction of sp³-hybridized carbons (Fsp3) is 0.611. The number of amides is 1. The van der Waals surface area contributed by atoms with Gasteiger partial charge in [0.15, 0.2) is 6.61 Å². The maximum atomic E-state index is 12.2. The van der Waals surface area contributed by atoms with E-state index in [2.05, 4.69) is 40.7 Å². The summed E-state index contributed by atoms with van der Waals surface area (Å²) in [4.78, 5) is 14.1. The Morgan fingerprint density at radius 1 is 1.14 bits per heavy atom. The van der Waals surface area contributed by atoms with Crippen molar-refractivity contribution in [3.63, 3.8) is 0 Å². The minimum Gasteiger partial charge on any atom is -0.484 e. The Labute approximate surface area is 129 Å². The van der Waals surface area contributed by atoms with Gasteiger partial charge in [-0.25, -0.2) is 0 Å². The zero-order valence-electron chi connectivity index (χ0n) is 14.1. The van der Waals surface area contributed by atoms with Gasteiger partial charge in [-0.1, -0.05) is 46.8 Å². The van der Waals surface area contributed by atoms with Crippen LogP contribution in [0.15, 0.2) is 24.3 Å². The standard InChI is InChI=1S/C18H29NO2/c1-6-11-19(12-7-2)17(20)14-21-16-10-8-9-15(13-16)18(3,4)5/h8-10,13H,6-7,11-12,14H2,1-5H3. The van der Waals surface area contributed by atoms with Crippen LogP contribution in [0.2, 0.25) is 0 Å². The quantitative estimate of drug-likeness (QED) is 0.759. The summed E-state index contributed by atoms with van der Waals surface area (Å²) in [5, 5.41) is 0. The Morgan fingerprint density at radius 3 is 2.29 bits per heavy atom. The summed E-state index contributed by atoms with van der Waals surface area (Å²) in [5.74, 6) is 0.837. The molecule has 1 aromatic rings. The van der Waals surface area contributed by atoms with E-state index in [-0.39, 0.29) is 17.9 Å². The van der Waals surface area contributed by atoms with E-state index in [1.165, 1.54) is 5.56 Å². The van der Waals surface area contributed by atoms with E-state index in [0.29, 0.717) is 0 Å². The minimum absolute atomic E-state index is 0.0693. The number of carbonyl (C=O) groups is 1. The number of hydrogen-bond acceptors (Lipinski definition) is 2. The molecule has 21 heavy (non-hydrogen) atoms. The molecule has 0 fully saturated rings. The summed E-state index contributed by atoms with van der Waals surface area (Å²) < 4.78 is 5.69. The van der Waals surface area contributed by atoms with Crippen molar-refractivity contribution in [3.05, 3.63) is 29.8 Å². The lowest BCUT2D eigenvalue weighted by atomic mass is 9.87. The second kappa shape index (κ2) is 8.06. The van der Waals surface area contributed by atoms with Crippen molar-refractivity contribution in [1.29, 1.82) is 0 Å². The molecule has 1 amide bonds. The van der Waals surface area contributed by atoms with Crippen LogP contribution in [-0.4, -0.2) is 30.5 Å². The smallest absolute Gasteiger partial charge is 0.260 e. The first-order valence-electron chi connectivity index (χ1n) is 7.89. The third-order valence-corrected chi connectivity index (χ3v) is 3.40. The molecule has 0 bridgehead atoms. The van der Waals surface area contributed by atoms with Gasteiger partial charge in [0, 0.05) is 13.1 Å². The molecule has 0 atom stereocenters. The topological polar surface area (TPSA) is 29.5 Å². The number of ether oxygens (including phenoxy) is 1. The number of carbonyl (C=O) groups excluding carboxylic acids is 1. The molecule has 0 aromatic heterocycles. The van der Waals surface area contributed by atoms with Gasteiger partial charge in [-0.3, -0.25) is 4.79 Å². The summed E-state index contributed by atoms with van der Waals surface area (Å²) in [5.41, 5.74) is 1.30. The van der Waals surface area contributed by atoms with Crippen LogP contribution in [0.4, 0.5) is 0 Å². The summed E-state index contributed by atoms with van der Waals surface area (Å²) >= 11 is 0. The third-order valence-electron chi connectivity index (χ3n) is 3.40. The van der Waals surface area contributed by atoms with E-state index in [1.807, 2.05) is 23.1 Å². The van der Waals surface area contributed by atoms with Crippen molar-refractivity contribution in [2.45, 2.75) is 52.9 Å². The highest BCUT2D eigenvalue weighted by atomic mass is 16.5. The highest BCUT2D eigenvalue weighted by molar-refractivity contribution is 5.77. The molecule has 1 rings (SSSR count). The number of benzene rings is 1. The van der Waals surface area contributed by atoms with Gasteiger partial charge in [-0.05, 0) is 36.0 Å². The summed E-state index contributed by atoms with van der Waals surface area (Å²) in [6, 6.07) is 8.01. The van der Waals surface area contributed by atoms with Crippen LogP contribution in [0.3, 0.4) is 0 Å². The van der Waals surface area contributed by atoms with E-state index in [9.17, 15) is 4.79 Å². The highest BCUT2D eigenvalue weighted by Crippen LogP contribution is 2.25. The molecule has 3 nitrogen and oxygen atoms in total. The van der Waals surface area contributed by atoms with Crippen LogP contribution in [0.25, 0.3) is 0 Å². The first-order chi connectivity index (χ1) is 9.88. The third kappa shape index (κ3) is 5.78. The van der Waals surface area contributed by atoms with E-state index < -0.39 is 0 Å². The minimum atomic E-state index is 0.0693. The van der Waals surface area contributed by atoms with Crippen molar-refractivity contribution in [2.75, 3.05) is 19.7 Å². The maximum absolute atomic E-state index is 12.2. The van der Waals surface area contributed by atoms with Crippen molar-refractivity contribution in [3.8, 4) is 5.75 Å². The van der Waals surface area contributed by atoms with Gasteiger partial charge in [0.1, 0.15) is 5.75 Å². The fourth-order valence-electron chi connectivity index (χ4n) is 2.19. The fourth-order valence-corrected chi connectivity index (χ4v) is 2.19. The number of rotatable bonds is 7. The van der Waals surface area contributed by atoms with E-state index in [1.54, 1.807) is 0 Å². The largest absolute Gasteiger partial charge is 0.484 e. The van der Waals surface area contributed by atoms with Gasteiger partial charge in [-0.2, -0.15) is 0 Å². The van der Waals surface area contributed by atoms with Gasteiger partial charge >= 0.3 is 0 Å². The zero-order chi connectivity index (χ0) is 15.9. The Morgan fingerprint density at radius 2 is 1.76 bits per heavy atom. The second-order valence-corrected chi connectivity index (χ2v) is 6.45. The second-order valence-electron chi connectivity index (χ2n) is 6.45. The molecule has 0 unspecified atom stereocenters. The van der Waals surface area contributed by atoms with Crippen molar-refractivity contribution < 1.29 is 9.53 Å². The molecule has 0 N–H and O–H groups in total. The van der Waals surface area contributed by atoms with Crippen LogP contribution >= 0.6 is 0 Å². The number of nitrogens with zero attached hydrogens (tertiary/aromatic N) is 1. The lowest BCUT2D eigenvalue weighted by Crippen LogP contribution is -2.36. The molecule has 0 aliphatic carbocycles. The van der Waals surface area contributed by atoms with Crippen molar-refractivity contribution >= 4 is 5.91 Å². The molecule has 0 spiro atoms. The Hall–Kier alpha value is -1.51. The van der Waals surface area contributed by atoms with Gasteiger partial charge < -0.3 is 9.64 Å². The molecule has 3 heteroatoms. The lowest BCUT2D eigenvalue weighted by Gasteiger charge is -2.22. The lowest BCUT2D eigenvalue weighted by molar-refractivity contribution is -0.133. The van der Waals surface area contributed by atoms with Gasteiger partial charge in [-0.15, -0.1) is 0 Å². The van der Waals surface area contributed by atoms with Crippen LogP contribution in [0, 0.1) is 0 Å². The van der Waals surface area contributed by atoms with Gasteiger partial charge in [0.2, 0.25) is 0 Å². The molecule has 0 radical (unpaired) electrons. The van der Waals surface area contributed by atoms with E-state index >= 15 is 0 Å². The predicted molar refractivity (Wildman–Crippen MR) is 87.8 cm³/mol. The molecule has 1 aromatic carbocycles. The average molecular weight is 291 g/mol. The molecule has 118 valence electrons. The van der Waals surface area contributed by atoms with Crippen LogP contribution in [0.1, 0.15) is 53.0 Å². The summed E-state index contributed by atoms with van der Waals surface area (Å²) in [6.07, 6.45) is 1.95. The van der Waals surface area contributed by atoms with Crippen LogP contribution in [0.5, 0.6) is 5.75 Å². The van der Waals surface area contributed by atoms with Crippen molar-refractivity contribution in [2.24, 2.45) is 0 Å². The first-order valence-corrected chi connectivity index (χ1v) is 7.89. The van der Waals surface area contributed by atoms with E-state index in [4.69, 9.17) is 4.74 Å².